The van der Waals surface area contributed by atoms with Gasteiger partial charge in [-0.1, -0.05) is 12.8 Å². The van der Waals surface area contributed by atoms with E-state index in [0.29, 0.717) is 0 Å². The van der Waals surface area contributed by atoms with Crippen molar-refractivity contribution in [2.24, 2.45) is 22.2 Å². The Morgan fingerprint density at radius 2 is 1.12 bits per heavy atom. The molecule has 0 fully saturated rings. The minimum absolute atomic E-state index is 0.184. The van der Waals surface area contributed by atoms with E-state index in [1.54, 1.807) is 0 Å². The van der Waals surface area contributed by atoms with Crippen molar-refractivity contribution in [1.29, 1.82) is 0 Å². The van der Waals surface area contributed by atoms with Crippen LogP contribution in [0, 0.1) is 0 Å². The maximum Gasteiger partial charge on any atom is 0.490 e. The van der Waals surface area contributed by atoms with Crippen LogP contribution in [0.2, 0.25) is 0 Å². The second-order valence-electron chi connectivity index (χ2n) is 4.12. The zero-order valence-electron chi connectivity index (χ0n) is 12.9. The van der Waals surface area contributed by atoms with E-state index in [9.17, 15) is 26.3 Å². The summed E-state index contributed by atoms with van der Waals surface area (Å²) < 4.78 is 63.5. The number of unbranched alkanes of at least 4 members (excludes halogenated alkanes) is 3. The number of alkyl halides is 6. The van der Waals surface area contributed by atoms with Gasteiger partial charge in [0, 0.05) is 6.54 Å². The average molecular weight is 386 g/mol. The van der Waals surface area contributed by atoms with Crippen molar-refractivity contribution in [3.63, 3.8) is 0 Å². The highest BCUT2D eigenvalue weighted by molar-refractivity contribution is 5.75. The first-order valence-electron chi connectivity index (χ1n) is 6.51. The van der Waals surface area contributed by atoms with Crippen molar-refractivity contribution in [3.8, 4) is 0 Å². The van der Waals surface area contributed by atoms with E-state index in [1.807, 2.05) is 0 Å². The molecule has 8 N–H and O–H groups in total. The van der Waals surface area contributed by atoms with Gasteiger partial charge in [-0.05, 0) is 19.4 Å². The summed E-state index contributed by atoms with van der Waals surface area (Å²) in [5.41, 5.74) is 15.6. The molecule has 0 heterocycles. The normalized spacial score (nSPS) is 10.5. The van der Waals surface area contributed by atoms with Crippen LogP contribution in [0.1, 0.15) is 25.7 Å². The molecule has 0 aliphatic rings. The molecule has 0 aliphatic heterocycles. The van der Waals surface area contributed by atoms with Gasteiger partial charge in [-0.3, -0.25) is 4.99 Å². The average Bonchev–Trinajstić information content (AvgIpc) is 2.41. The third-order valence-electron chi connectivity index (χ3n) is 1.89. The molecule has 0 amide bonds. The number of rotatable bonds is 6. The summed E-state index contributed by atoms with van der Waals surface area (Å²) in [6.07, 6.45) is -5.68. The minimum Gasteiger partial charge on any atom is -0.475 e. The molecule has 0 spiro atoms. The number of aliphatic carboxylic acids is 2. The smallest absolute Gasteiger partial charge is 0.475 e. The van der Waals surface area contributed by atoms with Crippen LogP contribution in [-0.4, -0.2) is 53.6 Å². The van der Waals surface area contributed by atoms with Crippen molar-refractivity contribution in [1.82, 2.24) is 0 Å². The summed E-state index contributed by atoms with van der Waals surface area (Å²) in [6, 6.07) is 0. The maximum atomic E-state index is 10.6. The molecule has 0 radical (unpaired) electrons. The van der Waals surface area contributed by atoms with Gasteiger partial charge < -0.3 is 27.4 Å². The standard InChI is InChI=1S/C7H18N4.2C2HF3O2/c8-5-3-1-2-4-6-11-7(9)10;2*3-2(4,5)1(6)7/h1-6,8H2,(H4,9,10,11);2*(H,6,7). The lowest BCUT2D eigenvalue weighted by molar-refractivity contribution is -0.193. The molecule has 0 bridgehead atoms. The van der Waals surface area contributed by atoms with Crippen LogP contribution in [0.15, 0.2) is 4.99 Å². The van der Waals surface area contributed by atoms with Gasteiger partial charge in [-0.2, -0.15) is 26.3 Å². The van der Waals surface area contributed by atoms with Crippen LogP contribution in [0.4, 0.5) is 26.3 Å². The van der Waals surface area contributed by atoms with E-state index in [2.05, 4.69) is 4.99 Å². The van der Waals surface area contributed by atoms with Crippen LogP contribution < -0.4 is 17.2 Å². The van der Waals surface area contributed by atoms with Crippen molar-refractivity contribution in [2.45, 2.75) is 38.0 Å². The molecule has 0 saturated heterocycles. The summed E-state index contributed by atoms with van der Waals surface area (Å²) in [4.78, 5) is 21.7. The highest BCUT2D eigenvalue weighted by Gasteiger charge is 2.38. The zero-order chi connectivity index (χ0) is 20.7. The van der Waals surface area contributed by atoms with E-state index < -0.39 is 24.3 Å². The molecular weight excluding hydrogens is 366 g/mol. The van der Waals surface area contributed by atoms with Gasteiger partial charge in [0.2, 0.25) is 0 Å². The molecule has 0 atom stereocenters. The van der Waals surface area contributed by atoms with Crippen molar-refractivity contribution >= 4 is 17.9 Å². The number of guanidine groups is 1. The number of nitrogens with zero attached hydrogens (tertiary/aromatic N) is 1. The van der Waals surface area contributed by atoms with E-state index in [-0.39, 0.29) is 5.96 Å². The van der Waals surface area contributed by atoms with E-state index in [0.717, 1.165) is 32.4 Å². The second kappa shape index (κ2) is 14.1. The fourth-order valence-corrected chi connectivity index (χ4v) is 0.818. The lowest BCUT2D eigenvalue weighted by atomic mass is 10.2. The summed E-state index contributed by atoms with van der Waals surface area (Å²) in [6.45, 7) is 1.52. The number of carboxylic acids is 2. The highest BCUT2D eigenvalue weighted by Crippen LogP contribution is 2.13. The molecular formula is C11H20F6N4O4. The van der Waals surface area contributed by atoms with Crippen LogP contribution in [0.25, 0.3) is 0 Å². The number of aliphatic imine (C=N–C) groups is 1. The van der Waals surface area contributed by atoms with Gasteiger partial charge in [-0.25, -0.2) is 9.59 Å². The predicted octanol–water partition coefficient (Wildman–Crippen LogP) is 1.05. The zero-order valence-corrected chi connectivity index (χ0v) is 12.9. The number of hydrogen-bond donors (Lipinski definition) is 5. The number of hydrogen-bond acceptors (Lipinski definition) is 4. The van der Waals surface area contributed by atoms with Crippen molar-refractivity contribution < 1.29 is 46.1 Å². The molecule has 0 aromatic heterocycles. The largest absolute Gasteiger partial charge is 0.490 e. The lowest BCUT2D eigenvalue weighted by Gasteiger charge is -1.96. The lowest BCUT2D eigenvalue weighted by Crippen LogP contribution is -2.22. The molecule has 0 rings (SSSR count). The molecule has 0 saturated carbocycles. The van der Waals surface area contributed by atoms with E-state index >= 15 is 0 Å². The van der Waals surface area contributed by atoms with E-state index in [4.69, 9.17) is 37.0 Å². The molecule has 25 heavy (non-hydrogen) atoms. The molecule has 0 aliphatic carbocycles. The molecule has 14 heteroatoms. The van der Waals surface area contributed by atoms with Gasteiger partial charge in [0.15, 0.2) is 5.96 Å². The van der Waals surface area contributed by atoms with Crippen molar-refractivity contribution in [3.05, 3.63) is 0 Å². The molecule has 0 aromatic carbocycles. The Hall–Kier alpha value is -2.25. The van der Waals surface area contributed by atoms with Crippen LogP contribution in [0.3, 0.4) is 0 Å². The number of nitrogens with two attached hydrogens (primary N) is 3. The number of carbonyl (C=O) groups is 2. The van der Waals surface area contributed by atoms with Gasteiger partial charge in [-0.15, -0.1) is 0 Å². The summed E-state index contributed by atoms with van der Waals surface area (Å²) in [5.74, 6) is -5.33. The number of carboxylic acid groups (broad SMARTS) is 2. The fraction of sp³-hybridized carbons (Fsp3) is 0.727. The van der Waals surface area contributed by atoms with E-state index in [1.165, 1.54) is 6.42 Å². The Morgan fingerprint density at radius 3 is 1.36 bits per heavy atom. The van der Waals surface area contributed by atoms with Crippen LogP contribution >= 0.6 is 0 Å². The first kappa shape index (κ1) is 27.6. The van der Waals surface area contributed by atoms with Gasteiger partial charge in [0.05, 0.1) is 0 Å². The summed E-state index contributed by atoms with van der Waals surface area (Å²) in [7, 11) is 0. The Labute approximate surface area is 138 Å². The van der Waals surface area contributed by atoms with Gasteiger partial charge in [0.1, 0.15) is 0 Å². The Bertz CT molecular complexity index is 384. The monoisotopic (exact) mass is 386 g/mol. The maximum absolute atomic E-state index is 10.6. The van der Waals surface area contributed by atoms with Crippen LogP contribution in [0.5, 0.6) is 0 Å². The molecule has 0 aromatic rings. The van der Waals surface area contributed by atoms with Crippen LogP contribution in [-0.2, 0) is 9.59 Å². The molecule has 0 unspecified atom stereocenters. The topological polar surface area (TPSA) is 165 Å². The first-order valence-corrected chi connectivity index (χ1v) is 6.51. The molecule has 150 valence electrons. The van der Waals surface area contributed by atoms with Crippen molar-refractivity contribution in [2.75, 3.05) is 13.1 Å². The highest BCUT2D eigenvalue weighted by atomic mass is 19.4. The Balaban J connectivity index is -0.000000304. The quantitative estimate of drug-likeness (QED) is 0.197. The third kappa shape index (κ3) is 26.9. The first-order chi connectivity index (χ1) is 11.2. The minimum atomic E-state index is -5.08. The third-order valence-corrected chi connectivity index (χ3v) is 1.89. The summed E-state index contributed by atoms with van der Waals surface area (Å²) in [5, 5.41) is 14.2. The molecule has 8 nitrogen and oxygen atoms in total. The Kier molecular flexibility index (Phi) is 15.6. The van der Waals surface area contributed by atoms with Gasteiger partial charge in [0.25, 0.3) is 0 Å². The van der Waals surface area contributed by atoms with Gasteiger partial charge >= 0.3 is 24.3 Å². The fourth-order valence-electron chi connectivity index (χ4n) is 0.818. The predicted molar refractivity (Wildman–Crippen MR) is 75.6 cm³/mol. The second-order valence-corrected chi connectivity index (χ2v) is 4.12. The number of halogens is 6. The summed E-state index contributed by atoms with van der Waals surface area (Å²) >= 11 is 0. The Morgan fingerprint density at radius 1 is 0.800 bits per heavy atom. The SMILES string of the molecule is NCCCCCCN=C(N)N.O=C(O)C(F)(F)F.O=C(O)C(F)(F)F.